The topological polar surface area (TPSA) is 50.9 Å². The monoisotopic (exact) mass is 321 g/mol. The van der Waals surface area contributed by atoms with E-state index < -0.39 is 5.82 Å². The Bertz CT molecular complexity index is 837. The Labute approximate surface area is 130 Å². The van der Waals surface area contributed by atoms with Crippen molar-refractivity contribution in [3.05, 3.63) is 58.5 Å². The number of nitrogens with two attached hydrogens (primary N) is 1. The van der Waals surface area contributed by atoms with Crippen LogP contribution in [0.1, 0.15) is 0 Å². The van der Waals surface area contributed by atoms with E-state index in [9.17, 15) is 4.39 Å². The molecule has 3 nitrogen and oxygen atoms in total. The van der Waals surface area contributed by atoms with Gasteiger partial charge in [0.05, 0.1) is 32.6 Å². The van der Waals surface area contributed by atoms with Crippen molar-refractivity contribution in [1.82, 2.24) is 4.98 Å². The van der Waals surface area contributed by atoms with Gasteiger partial charge in [-0.3, -0.25) is 4.98 Å². The summed E-state index contributed by atoms with van der Waals surface area (Å²) >= 11 is 11.8. The zero-order valence-corrected chi connectivity index (χ0v) is 12.2. The fourth-order valence-electron chi connectivity index (χ4n) is 2.05. The van der Waals surface area contributed by atoms with Crippen LogP contribution >= 0.6 is 23.2 Å². The molecule has 0 atom stereocenters. The van der Waals surface area contributed by atoms with Crippen LogP contribution in [0.3, 0.4) is 0 Å². The van der Waals surface area contributed by atoms with Crippen molar-refractivity contribution in [2.24, 2.45) is 0 Å². The van der Waals surface area contributed by atoms with Gasteiger partial charge in [-0.2, -0.15) is 0 Å². The Morgan fingerprint density at radius 3 is 2.67 bits per heavy atom. The second kappa shape index (κ2) is 5.39. The summed E-state index contributed by atoms with van der Waals surface area (Å²) in [6, 6.07) is 9.79. The minimum Gasteiger partial charge on any atom is -0.397 e. The quantitative estimate of drug-likeness (QED) is 0.652. The van der Waals surface area contributed by atoms with Crippen LogP contribution in [0.2, 0.25) is 10.0 Å². The second-order valence-corrected chi connectivity index (χ2v) is 5.29. The molecule has 0 amide bonds. The fraction of sp³-hybridized carbons (Fsp3) is 0. The predicted molar refractivity (Wildman–Crippen MR) is 85.9 cm³/mol. The third kappa shape index (κ3) is 2.60. The first-order chi connectivity index (χ1) is 10.1. The van der Waals surface area contributed by atoms with Crippen molar-refractivity contribution >= 4 is 51.2 Å². The summed E-state index contributed by atoms with van der Waals surface area (Å²) in [5.41, 5.74) is 7.99. The third-order valence-electron chi connectivity index (χ3n) is 3.08. The minimum atomic E-state index is -0.542. The van der Waals surface area contributed by atoms with Crippen LogP contribution in [-0.4, -0.2) is 4.98 Å². The number of rotatable bonds is 2. The Morgan fingerprint density at radius 1 is 1.05 bits per heavy atom. The molecule has 0 aliphatic rings. The fourth-order valence-corrected chi connectivity index (χ4v) is 2.44. The van der Waals surface area contributed by atoms with Gasteiger partial charge in [-0.25, -0.2) is 4.39 Å². The van der Waals surface area contributed by atoms with Crippen molar-refractivity contribution in [2.75, 3.05) is 11.1 Å². The summed E-state index contributed by atoms with van der Waals surface area (Å²) in [5, 5.41) is 4.45. The second-order valence-electron chi connectivity index (χ2n) is 4.47. The maximum atomic E-state index is 13.6. The van der Waals surface area contributed by atoms with E-state index in [1.807, 2.05) is 6.07 Å². The summed E-state index contributed by atoms with van der Waals surface area (Å²) in [6.45, 7) is 0. The first-order valence-electron chi connectivity index (χ1n) is 6.11. The zero-order chi connectivity index (χ0) is 15.0. The largest absolute Gasteiger partial charge is 0.397 e. The van der Waals surface area contributed by atoms with Gasteiger partial charge in [-0.15, -0.1) is 0 Å². The number of nitrogens with one attached hydrogen (secondary N) is 1. The van der Waals surface area contributed by atoms with Crippen molar-refractivity contribution in [2.45, 2.75) is 0 Å². The smallest absolute Gasteiger partial charge is 0.144 e. The predicted octanol–water partition coefficient (Wildman–Crippen LogP) is 5.01. The molecule has 21 heavy (non-hydrogen) atoms. The van der Waals surface area contributed by atoms with Gasteiger partial charge in [-0.05, 0) is 30.3 Å². The SMILES string of the molecule is Nc1cc(Cl)c(F)cc1Nc1ccc(Cl)c2cccnc12. The standard InChI is InChI=1S/C15H10Cl2FN3/c16-9-3-4-13(15-8(9)2-1-5-20-15)21-14-7-11(18)10(17)6-12(14)19/h1-7,21H,19H2. The highest BCUT2D eigenvalue weighted by molar-refractivity contribution is 6.35. The maximum absolute atomic E-state index is 13.6. The van der Waals surface area contributed by atoms with Crippen LogP contribution in [0.15, 0.2) is 42.6 Å². The number of hydrogen-bond donors (Lipinski definition) is 2. The van der Waals surface area contributed by atoms with Crippen molar-refractivity contribution in [3.63, 3.8) is 0 Å². The molecule has 3 rings (SSSR count). The molecule has 0 unspecified atom stereocenters. The molecule has 0 aliphatic heterocycles. The van der Waals surface area contributed by atoms with Crippen LogP contribution in [0.4, 0.5) is 21.5 Å². The minimum absolute atomic E-state index is 0.0165. The van der Waals surface area contributed by atoms with Gasteiger partial charge < -0.3 is 11.1 Å². The van der Waals surface area contributed by atoms with Crippen LogP contribution in [0.25, 0.3) is 10.9 Å². The summed E-state index contributed by atoms with van der Waals surface area (Å²) in [5.74, 6) is -0.542. The number of pyridine rings is 1. The summed E-state index contributed by atoms with van der Waals surface area (Å²) in [4.78, 5) is 4.30. The first-order valence-corrected chi connectivity index (χ1v) is 6.86. The van der Waals surface area contributed by atoms with Crippen molar-refractivity contribution in [3.8, 4) is 0 Å². The molecule has 0 radical (unpaired) electrons. The lowest BCUT2D eigenvalue weighted by molar-refractivity contribution is 0.629. The number of nitrogens with zero attached hydrogens (tertiary/aromatic N) is 1. The van der Waals surface area contributed by atoms with Crippen LogP contribution in [0, 0.1) is 5.82 Å². The molecule has 0 aliphatic carbocycles. The van der Waals surface area contributed by atoms with Gasteiger partial charge in [0.2, 0.25) is 0 Å². The molecule has 0 saturated carbocycles. The van der Waals surface area contributed by atoms with E-state index in [2.05, 4.69) is 10.3 Å². The van der Waals surface area contributed by atoms with E-state index in [1.165, 1.54) is 12.1 Å². The van der Waals surface area contributed by atoms with E-state index in [-0.39, 0.29) is 5.02 Å². The number of aromatic nitrogens is 1. The highest BCUT2D eigenvalue weighted by Crippen LogP contribution is 2.33. The van der Waals surface area contributed by atoms with Crippen LogP contribution in [0.5, 0.6) is 0 Å². The molecule has 1 heterocycles. The van der Waals surface area contributed by atoms with Crippen molar-refractivity contribution < 1.29 is 4.39 Å². The molecule has 3 N–H and O–H groups in total. The molecular formula is C15H10Cl2FN3. The molecule has 6 heteroatoms. The summed E-state index contributed by atoms with van der Waals surface area (Å²) in [6.07, 6.45) is 1.66. The van der Waals surface area contributed by atoms with Gasteiger partial charge >= 0.3 is 0 Å². The van der Waals surface area contributed by atoms with E-state index >= 15 is 0 Å². The van der Waals surface area contributed by atoms with E-state index in [0.29, 0.717) is 27.6 Å². The molecule has 0 spiro atoms. The molecule has 0 saturated heterocycles. The van der Waals surface area contributed by atoms with Gasteiger partial charge in [0.1, 0.15) is 5.82 Å². The lowest BCUT2D eigenvalue weighted by Crippen LogP contribution is -1.99. The highest BCUT2D eigenvalue weighted by atomic mass is 35.5. The number of benzene rings is 2. The van der Waals surface area contributed by atoms with E-state index in [4.69, 9.17) is 28.9 Å². The van der Waals surface area contributed by atoms with Gasteiger partial charge in [0.15, 0.2) is 0 Å². The zero-order valence-electron chi connectivity index (χ0n) is 10.7. The normalized spacial score (nSPS) is 10.8. The van der Waals surface area contributed by atoms with E-state index in [0.717, 1.165) is 5.39 Å². The Balaban J connectivity index is 2.11. The molecule has 106 valence electrons. The first kappa shape index (κ1) is 13.9. The molecule has 1 aromatic heterocycles. The molecule has 0 bridgehead atoms. The van der Waals surface area contributed by atoms with Gasteiger partial charge in [-0.1, -0.05) is 23.2 Å². The Hall–Kier alpha value is -2.04. The Morgan fingerprint density at radius 2 is 1.86 bits per heavy atom. The highest BCUT2D eigenvalue weighted by Gasteiger charge is 2.10. The average Bonchev–Trinajstić information content (AvgIpc) is 2.48. The number of fused-ring (bicyclic) bond motifs is 1. The average molecular weight is 322 g/mol. The molecule has 2 aromatic carbocycles. The van der Waals surface area contributed by atoms with Gasteiger partial charge in [0.25, 0.3) is 0 Å². The number of anilines is 3. The van der Waals surface area contributed by atoms with Crippen molar-refractivity contribution in [1.29, 1.82) is 0 Å². The lowest BCUT2D eigenvalue weighted by Gasteiger charge is -2.12. The number of nitrogen functional groups attached to an aromatic ring is 1. The number of halogens is 3. The lowest BCUT2D eigenvalue weighted by atomic mass is 10.1. The summed E-state index contributed by atoms with van der Waals surface area (Å²) < 4.78 is 13.6. The van der Waals surface area contributed by atoms with Gasteiger partial charge in [0, 0.05) is 17.6 Å². The summed E-state index contributed by atoms with van der Waals surface area (Å²) in [7, 11) is 0. The molecule has 3 aromatic rings. The molecule has 0 fully saturated rings. The van der Waals surface area contributed by atoms with Crippen LogP contribution in [-0.2, 0) is 0 Å². The number of hydrogen-bond acceptors (Lipinski definition) is 3. The third-order valence-corrected chi connectivity index (χ3v) is 3.70. The maximum Gasteiger partial charge on any atom is 0.144 e. The molecular weight excluding hydrogens is 312 g/mol. The Kier molecular flexibility index (Phi) is 3.57. The van der Waals surface area contributed by atoms with E-state index in [1.54, 1.807) is 24.4 Å². The van der Waals surface area contributed by atoms with Crippen LogP contribution < -0.4 is 11.1 Å².